The van der Waals surface area contributed by atoms with Crippen molar-refractivity contribution in [3.63, 3.8) is 0 Å². The predicted molar refractivity (Wildman–Crippen MR) is 120 cm³/mol. The Morgan fingerprint density at radius 1 is 0.867 bits per heavy atom. The quantitative estimate of drug-likeness (QED) is 0.256. The summed E-state index contributed by atoms with van der Waals surface area (Å²) in [6, 6.07) is 17.7. The van der Waals surface area contributed by atoms with Crippen LogP contribution in [0.2, 0.25) is 10.0 Å². The summed E-state index contributed by atoms with van der Waals surface area (Å²) in [5, 5.41) is 18.5. The number of carbonyl (C=O) groups is 1. The van der Waals surface area contributed by atoms with E-state index in [1.54, 1.807) is 0 Å². The third kappa shape index (κ3) is 5.72. The summed E-state index contributed by atoms with van der Waals surface area (Å²) < 4.78 is 6.02. The van der Waals surface area contributed by atoms with Gasteiger partial charge in [0.25, 0.3) is 0 Å². The van der Waals surface area contributed by atoms with E-state index in [1.807, 2.05) is 36.4 Å². The average Bonchev–Trinajstić information content (AvgIpc) is 2.68. The normalized spacial score (nSPS) is 11.1. The minimum Gasteiger partial charge on any atom is -0.453 e. The molecule has 0 aliphatic carbocycles. The first-order valence-corrected chi connectivity index (χ1v) is 9.90. The number of rotatable bonds is 4. The van der Waals surface area contributed by atoms with Gasteiger partial charge in [-0.15, -0.1) is 0 Å². The average molecular weight is 447 g/mol. The molecule has 8 heteroatoms. The predicted octanol–water partition coefficient (Wildman–Crippen LogP) is 6.82. The Morgan fingerprint density at radius 3 is 2.10 bits per heavy atom. The van der Waals surface area contributed by atoms with Gasteiger partial charge in [-0.3, -0.25) is 0 Å². The summed E-state index contributed by atoms with van der Waals surface area (Å²) in [7, 11) is 0. The van der Waals surface area contributed by atoms with Gasteiger partial charge in [0.05, 0.1) is 21.4 Å². The van der Waals surface area contributed by atoms with E-state index in [-0.39, 0.29) is 0 Å². The van der Waals surface area contributed by atoms with E-state index in [0.29, 0.717) is 15.7 Å². The summed E-state index contributed by atoms with van der Waals surface area (Å²) >= 11 is 12.0. The van der Waals surface area contributed by atoms with Gasteiger partial charge in [0.2, 0.25) is 0 Å². The number of fused-ring (bicyclic) bond motifs is 2. The van der Waals surface area contributed by atoms with Gasteiger partial charge in [0, 0.05) is 11.8 Å². The second-order valence-corrected chi connectivity index (χ2v) is 7.51. The molecule has 156 valence electrons. The van der Waals surface area contributed by atoms with Gasteiger partial charge in [-0.05, 0) is 66.8 Å². The molecule has 0 saturated carbocycles. The van der Waals surface area contributed by atoms with Crippen molar-refractivity contribution in [2.45, 2.75) is 19.3 Å². The maximum atomic E-state index is 8.56. The van der Waals surface area contributed by atoms with Crippen LogP contribution in [0.15, 0.2) is 54.6 Å². The zero-order valence-electron chi connectivity index (χ0n) is 15.9. The van der Waals surface area contributed by atoms with E-state index in [4.69, 9.17) is 48.7 Å². The van der Waals surface area contributed by atoms with Gasteiger partial charge in [0.15, 0.2) is 11.5 Å². The van der Waals surface area contributed by atoms with Gasteiger partial charge in [0.1, 0.15) is 0 Å². The zero-order chi connectivity index (χ0) is 21.7. The highest BCUT2D eigenvalue weighted by molar-refractivity contribution is 6.42. The number of benzene rings is 3. The van der Waals surface area contributed by atoms with Crippen LogP contribution in [0.4, 0.5) is 21.9 Å². The molecule has 1 aliphatic heterocycles. The molecule has 0 saturated heterocycles. The summed E-state index contributed by atoms with van der Waals surface area (Å²) in [6.07, 6.45) is 1.10. The number of carboxylic acid groups (broad SMARTS) is 2. The summed E-state index contributed by atoms with van der Waals surface area (Å²) in [6.45, 7) is 0. The van der Waals surface area contributed by atoms with Crippen LogP contribution in [0.3, 0.4) is 0 Å². The SMILES string of the molecule is Nc1ccc2c(c1)Oc1cc(CCCc3ccc(Cl)c(Cl)c3)ccc1N2.O=C(O)O. The number of anilines is 3. The third-order valence-electron chi connectivity index (χ3n) is 4.46. The Morgan fingerprint density at radius 2 is 1.43 bits per heavy atom. The van der Waals surface area contributed by atoms with Crippen LogP contribution in [0, 0.1) is 0 Å². The van der Waals surface area contributed by atoms with E-state index in [1.165, 1.54) is 11.1 Å². The van der Waals surface area contributed by atoms with E-state index in [2.05, 4.69) is 23.5 Å². The fourth-order valence-corrected chi connectivity index (χ4v) is 3.41. The number of nitrogens with two attached hydrogens (primary N) is 1. The standard InChI is InChI=1S/C21H18Cl2N2O.CH2O3/c22-16-7-4-13(10-17(16)23)2-1-3-14-5-8-18-20(11-14)26-21-12-15(24)6-9-19(21)25-18;2-1(3)4/h4-12,25H,1-3,24H2;(H2,2,3,4). The lowest BCUT2D eigenvalue weighted by Gasteiger charge is -2.22. The first-order chi connectivity index (χ1) is 14.3. The fraction of sp³-hybridized carbons (Fsp3) is 0.136. The molecule has 0 unspecified atom stereocenters. The molecule has 0 amide bonds. The van der Waals surface area contributed by atoms with Gasteiger partial charge in [-0.1, -0.05) is 35.3 Å². The van der Waals surface area contributed by atoms with Crippen molar-refractivity contribution in [2.24, 2.45) is 0 Å². The molecule has 0 aromatic heterocycles. The summed E-state index contributed by atoms with van der Waals surface area (Å²) in [5.41, 5.74) is 10.9. The van der Waals surface area contributed by atoms with E-state index in [0.717, 1.165) is 42.1 Å². The fourth-order valence-electron chi connectivity index (χ4n) is 3.09. The van der Waals surface area contributed by atoms with E-state index in [9.17, 15) is 0 Å². The topological polar surface area (TPSA) is 105 Å². The smallest absolute Gasteiger partial charge is 0.453 e. The Labute approximate surface area is 183 Å². The molecule has 6 nitrogen and oxygen atoms in total. The number of nitrogen functional groups attached to an aromatic ring is 1. The number of hydrogen-bond acceptors (Lipinski definition) is 4. The number of hydrogen-bond donors (Lipinski definition) is 4. The molecule has 30 heavy (non-hydrogen) atoms. The minimum absolute atomic E-state index is 0.593. The molecule has 3 aromatic carbocycles. The number of nitrogens with one attached hydrogen (secondary N) is 1. The number of halogens is 2. The Kier molecular flexibility index (Phi) is 6.92. The largest absolute Gasteiger partial charge is 0.503 e. The monoisotopic (exact) mass is 446 g/mol. The summed E-state index contributed by atoms with van der Waals surface area (Å²) in [4.78, 5) is 8.56. The van der Waals surface area contributed by atoms with Crippen molar-refractivity contribution in [1.29, 1.82) is 0 Å². The zero-order valence-corrected chi connectivity index (χ0v) is 17.4. The van der Waals surface area contributed by atoms with Crippen LogP contribution in [0.5, 0.6) is 11.5 Å². The molecule has 4 rings (SSSR count). The molecule has 0 radical (unpaired) electrons. The molecule has 3 aromatic rings. The highest BCUT2D eigenvalue weighted by atomic mass is 35.5. The number of aryl methyl sites for hydroxylation is 2. The first-order valence-electron chi connectivity index (χ1n) is 9.15. The molecule has 0 spiro atoms. The lowest BCUT2D eigenvalue weighted by molar-refractivity contribution is 0.137. The first kappa shape index (κ1) is 21.6. The maximum Gasteiger partial charge on any atom is 0.503 e. The highest BCUT2D eigenvalue weighted by Gasteiger charge is 2.16. The van der Waals surface area contributed by atoms with Crippen molar-refractivity contribution in [1.82, 2.24) is 0 Å². The molecule has 0 atom stereocenters. The second-order valence-electron chi connectivity index (χ2n) is 6.70. The van der Waals surface area contributed by atoms with Gasteiger partial charge >= 0.3 is 6.16 Å². The number of ether oxygens (including phenoxy) is 1. The van der Waals surface area contributed by atoms with E-state index >= 15 is 0 Å². The third-order valence-corrected chi connectivity index (χ3v) is 5.19. The highest BCUT2D eigenvalue weighted by Crippen LogP contribution is 2.43. The Bertz CT molecular complexity index is 1070. The molecular formula is C22H20Cl2N2O4. The minimum atomic E-state index is -1.83. The molecule has 0 bridgehead atoms. The van der Waals surface area contributed by atoms with Gasteiger partial charge in [-0.25, -0.2) is 4.79 Å². The Hall–Kier alpha value is -3.09. The molecular weight excluding hydrogens is 427 g/mol. The van der Waals surface area contributed by atoms with Crippen molar-refractivity contribution in [3.05, 3.63) is 75.8 Å². The van der Waals surface area contributed by atoms with Crippen LogP contribution in [0.25, 0.3) is 0 Å². The van der Waals surface area contributed by atoms with Crippen molar-refractivity contribution < 1.29 is 19.7 Å². The molecule has 0 fully saturated rings. The molecule has 1 aliphatic rings. The lowest BCUT2D eigenvalue weighted by Crippen LogP contribution is -2.04. The van der Waals surface area contributed by atoms with Crippen LogP contribution in [0.1, 0.15) is 17.5 Å². The van der Waals surface area contributed by atoms with Crippen LogP contribution in [-0.2, 0) is 12.8 Å². The van der Waals surface area contributed by atoms with Gasteiger partial charge in [-0.2, -0.15) is 0 Å². The lowest BCUT2D eigenvalue weighted by atomic mass is 10.0. The van der Waals surface area contributed by atoms with Crippen LogP contribution >= 0.6 is 23.2 Å². The molecule has 1 heterocycles. The second kappa shape index (κ2) is 9.61. The van der Waals surface area contributed by atoms with Gasteiger partial charge < -0.3 is 26.0 Å². The van der Waals surface area contributed by atoms with Crippen LogP contribution < -0.4 is 15.8 Å². The maximum absolute atomic E-state index is 8.56. The summed E-state index contributed by atoms with van der Waals surface area (Å²) in [5.74, 6) is 1.58. The van der Waals surface area contributed by atoms with Crippen molar-refractivity contribution >= 4 is 46.4 Å². The van der Waals surface area contributed by atoms with Crippen LogP contribution in [-0.4, -0.2) is 16.4 Å². The van der Waals surface area contributed by atoms with E-state index < -0.39 is 6.16 Å². The van der Waals surface area contributed by atoms with Crippen molar-refractivity contribution in [3.8, 4) is 11.5 Å². The van der Waals surface area contributed by atoms with Crippen molar-refractivity contribution in [2.75, 3.05) is 11.1 Å². The Balaban J connectivity index is 0.000000589. The molecule has 5 N–H and O–H groups in total.